The molecular formula is C21H31N3O3. The molecule has 1 amide bonds. The van der Waals surface area contributed by atoms with Crippen LogP contribution < -0.4 is 0 Å². The Hall–Kier alpha value is -1.92. The van der Waals surface area contributed by atoms with Crippen molar-refractivity contribution in [1.29, 1.82) is 0 Å². The van der Waals surface area contributed by atoms with E-state index in [-0.39, 0.29) is 18.2 Å². The largest absolute Gasteiger partial charge is 0.444 e. The number of ether oxygens (including phenoxy) is 2. The molecule has 2 fully saturated rings. The van der Waals surface area contributed by atoms with E-state index in [0.29, 0.717) is 19.7 Å². The van der Waals surface area contributed by atoms with Crippen molar-refractivity contribution >= 4 is 12.3 Å². The van der Waals surface area contributed by atoms with Crippen molar-refractivity contribution in [2.45, 2.75) is 45.4 Å². The second-order valence-electron chi connectivity index (χ2n) is 8.35. The van der Waals surface area contributed by atoms with Crippen molar-refractivity contribution < 1.29 is 14.3 Å². The lowest BCUT2D eigenvalue weighted by atomic mass is 9.96. The van der Waals surface area contributed by atoms with Gasteiger partial charge in [0.1, 0.15) is 5.60 Å². The van der Waals surface area contributed by atoms with Crippen molar-refractivity contribution in [2.75, 3.05) is 39.8 Å². The number of benzene rings is 1. The average Bonchev–Trinajstić information content (AvgIpc) is 2.61. The molecule has 2 heterocycles. The minimum Gasteiger partial charge on any atom is -0.444 e. The standard InChI is InChI=1S/C21H31N3O3/c1-15-16(11-22-5)7-6-8-18(15)19-13-23-9-10-24(12-17(23)14-26-19)20(25)27-21(2,3)4/h6-8,11,17,19H,9-10,12-14H2,1-5H3/t17-,19+/m0/s1. The highest BCUT2D eigenvalue weighted by molar-refractivity contribution is 5.82. The number of piperazine rings is 1. The first-order valence-corrected chi connectivity index (χ1v) is 9.63. The van der Waals surface area contributed by atoms with Gasteiger partial charge in [-0.25, -0.2) is 4.79 Å². The van der Waals surface area contributed by atoms with Crippen LogP contribution in [-0.2, 0) is 9.47 Å². The first kappa shape index (κ1) is 19.8. The van der Waals surface area contributed by atoms with E-state index in [1.807, 2.05) is 27.0 Å². The molecule has 2 atom stereocenters. The van der Waals surface area contributed by atoms with Crippen molar-refractivity contribution in [1.82, 2.24) is 9.80 Å². The number of amides is 1. The normalized spacial score (nSPS) is 24.1. The Balaban J connectivity index is 1.65. The summed E-state index contributed by atoms with van der Waals surface area (Å²) in [6.07, 6.45) is 1.72. The van der Waals surface area contributed by atoms with Gasteiger partial charge in [-0.3, -0.25) is 9.89 Å². The van der Waals surface area contributed by atoms with Crippen LogP contribution in [0, 0.1) is 6.92 Å². The number of nitrogens with zero attached hydrogens (tertiary/aromatic N) is 3. The zero-order chi connectivity index (χ0) is 19.6. The lowest BCUT2D eigenvalue weighted by Crippen LogP contribution is -2.60. The van der Waals surface area contributed by atoms with Crippen LogP contribution in [0.25, 0.3) is 0 Å². The maximum Gasteiger partial charge on any atom is 0.410 e. The minimum atomic E-state index is -0.466. The van der Waals surface area contributed by atoms with Crippen LogP contribution >= 0.6 is 0 Å². The molecule has 0 aromatic heterocycles. The summed E-state index contributed by atoms with van der Waals surface area (Å²) in [5, 5.41) is 0. The number of hydrogen-bond acceptors (Lipinski definition) is 5. The fourth-order valence-electron chi connectivity index (χ4n) is 3.76. The number of hydrogen-bond donors (Lipinski definition) is 0. The molecule has 1 aromatic rings. The molecule has 2 saturated heterocycles. The highest BCUT2D eigenvalue weighted by Crippen LogP contribution is 2.30. The summed E-state index contributed by atoms with van der Waals surface area (Å²) >= 11 is 0. The van der Waals surface area contributed by atoms with Crippen LogP contribution in [-0.4, -0.2) is 73.6 Å². The molecular weight excluding hydrogens is 342 g/mol. The molecule has 0 saturated carbocycles. The maximum absolute atomic E-state index is 12.3. The van der Waals surface area contributed by atoms with Gasteiger partial charge in [-0.05, 0) is 44.4 Å². The van der Waals surface area contributed by atoms with Gasteiger partial charge in [-0.1, -0.05) is 18.2 Å². The zero-order valence-electron chi connectivity index (χ0n) is 17.1. The van der Waals surface area contributed by atoms with Gasteiger partial charge in [-0.15, -0.1) is 0 Å². The number of carbonyl (C=O) groups excluding carboxylic acids is 1. The molecule has 0 N–H and O–H groups in total. The predicted molar refractivity (Wildman–Crippen MR) is 107 cm³/mol. The molecule has 6 nitrogen and oxygen atoms in total. The molecule has 0 unspecified atom stereocenters. The van der Waals surface area contributed by atoms with E-state index >= 15 is 0 Å². The molecule has 2 aliphatic heterocycles. The third kappa shape index (κ3) is 4.68. The Labute approximate surface area is 162 Å². The van der Waals surface area contributed by atoms with Gasteiger partial charge in [0.2, 0.25) is 0 Å². The summed E-state index contributed by atoms with van der Waals surface area (Å²) in [5.41, 5.74) is 3.11. The molecule has 0 aliphatic carbocycles. The number of morpholine rings is 1. The first-order valence-electron chi connectivity index (χ1n) is 9.63. The molecule has 2 aliphatic rings. The van der Waals surface area contributed by atoms with E-state index in [1.165, 1.54) is 11.1 Å². The van der Waals surface area contributed by atoms with Crippen LogP contribution in [0.2, 0.25) is 0 Å². The summed E-state index contributed by atoms with van der Waals surface area (Å²) in [6.45, 7) is 11.5. The van der Waals surface area contributed by atoms with Crippen molar-refractivity contribution in [3.05, 3.63) is 34.9 Å². The molecule has 3 rings (SSSR count). The fraction of sp³-hybridized carbons (Fsp3) is 0.619. The molecule has 6 heteroatoms. The Morgan fingerprint density at radius 3 is 2.78 bits per heavy atom. The van der Waals surface area contributed by atoms with Crippen LogP contribution in [0.5, 0.6) is 0 Å². The number of rotatable bonds is 2. The van der Waals surface area contributed by atoms with Gasteiger partial charge >= 0.3 is 6.09 Å². The zero-order valence-corrected chi connectivity index (χ0v) is 17.1. The molecule has 0 radical (unpaired) electrons. The molecule has 27 heavy (non-hydrogen) atoms. The number of aliphatic imine (C=N–C) groups is 1. The van der Waals surface area contributed by atoms with Gasteiger partial charge < -0.3 is 14.4 Å². The van der Waals surface area contributed by atoms with Gasteiger partial charge in [0.25, 0.3) is 0 Å². The summed E-state index contributed by atoms with van der Waals surface area (Å²) in [5.74, 6) is 0. The summed E-state index contributed by atoms with van der Waals surface area (Å²) in [4.78, 5) is 20.7. The van der Waals surface area contributed by atoms with E-state index in [0.717, 1.165) is 18.7 Å². The second kappa shape index (κ2) is 7.98. The average molecular weight is 373 g/mol. The van der Waals surface area contributed by atoms with E-state index in [1.54, 1.807) is 11.9 Å². The van der Waals surface area contributed by atoms with Crippen LogP contribution in [0.3, 0.4) is 0 Å². The Kier molecular flexibility index (Phi) is 5.86. The fourth-order valence-corrected chi connectivity index (χ4v) is 3.76. The third-order valence-corrected chi connectivity index (χ3v) is 5.18. The topological polar surface area (TPSA) is 54.4 Å². The Morgan fingerprint density at radius 1 is 1.30 bits per heavy atom. The van der Waals surface area contributed by atoms with Gasteiger partial charge in [0, 0.05) is 39.4 Å². The van der Waals surface area contributed by atoms with Gasteiger partial charge in [0.05, 0.1) is 18.8 Å². The van der Waals surface area contributed by atoms with Crippen LogP contribution in [0.1, 0.15) is 43.6 Å². The third-order valence-electron chi connectivity index (χ3n) is 5.18. The Bertz CT molecular complexity index is 711. The molecule has 1 aromatic carbocycles. The molecule has 148 valence electrons. The predicted octanol–water partition coefficient (Wildman–Crippen LogP) is 3.04. The Morgan fingerprint density at radius 2 is 2.07 bits per heavy atom. The highest BCUT2D eigenvalue weighted by atomic mass is 16.6. The van der Waals surface area contributed by atoms with E-state index < -0.39 is 5.60 Å². The smallest absolute Gasteiger partial charge is 0.410 e. The monoisotopic (exact) mass is 373 g/mol. The van der Waals surface area contributed by atoms with Gasteiger partial charge in [-0.2, -0.15) is 0 Å². The lowest BCUT2D eigenvalue weighted by Gasteiger charge is -2.46. The van der Waals surface area contributed by atoms with Crippen molar-refractivity contribution in [3.8, 4) is 0 Å². The first-order chi connectivity index (χ1) is 12.8. The minimum absolute atomic E-state index is 0.0551. The van der Waals surface area contributed by atoms with Crippen molar-refractivity contribution in [2.24, 2.45) is 4.99 Å². The summed E-state index contributed by atoms with van der Waals surface area (Å²) in [6, 6.07) is 6.51. The number of fused-ring (bicyclic) bond motifs is 1. The summed E-state index contributed by atoms with van der Waals surface area (Å²) < 4.78 is 11.7. The second-order valence-corrected chi connectivity index (χ2v) is 8.35. The van der Waals surface area contributed by atoms with E-state index in [4.69, 9.17) is 9.47 Å². The van der Waals surface area contributed by atoms with Gasteiger partial charge in [0.15, 0.2) is 0 Å². The lowest BCUT2D eigenvalue weighted by molar-refractivity contribution is -0.0908. The molecule has 0 bridgehead atoms. The van der Waals surface area contributed by atoms with Crippen LogP contribution in [0.15, 0.2) is 23.2 Å². The SMILES string of the molecule is CN=Cc1cccc([C@H]2CN3CCN(C(=O)OC(C)(C)C)C[C@H]3CO2)c1C. The van der Waals surface area contributed by atoms with E-state index in [2.05, 4.69) is 35.0 Å². The summed E-state index contributed by atoms with van der Waals surface area (Å²) in [7, 11) is 1.79. The maximum atomic E-state index is 12.3. The van der Waals surface area contributed by atoms with Crippen LogP contribution in [0.4, 0.5) is 4.79 Å². The van der Waals surface area contributed by atoms with Crippen molar-refractivity contribution in [3.63, 3.8) is 0 Å². The highest BCUT2D eigenvalue weighted by Gasteiger charge is 2.37. The quantitative estimate of drug-likeness (QED) is 0.748. The molecule has 0 spiro atoms. The van der Waals surface area contributed by atoms with E-state index in [9.17, 15) is 4.79 Å². The number of carbonyl (C=O) groups is 1.